The summed E-state index contributed by atoms with van der Waals surface area (Å²) in [5.41, 5.74) is 0. The van der Waals surface area contributed by atoms with Gasteiger partial charge < -0.3 is 4.74 Å². The zero-order chi connectivity index (χ0) is 7.59. The molecule has 3 aliphatic rings. The fraction of sp³-hybridized carbons (Fsp3) is 0.500. The average molecular weight is 150 g/mol. The Kier molecular flexibility index (Phi) is 0.700. The van der Waals surface area contributed by atoms with Gasteiger partial charge in [0.05, 0.1) is 11.8 Å². The number of cyclic esters (lactones) is 2. The van der Waals surface area contributed by atoms with Crippen molar-refractivity contribution in [1.29, 1.82) is 0 Å². The van der Waals surface area contributed by atoms with E-state index in [2.05, 4.69) is 4.74 Å². The van der Waals surface area contributed by atoms with E-state index in [0.717, 1.165) is 0 Å². The monoisotopic (exact) mass is 150 g/mol. The number of esters is 2. The van der Waals surface area contributed by atoms with E-state index in [9.17, 15) is 9.59 Å². The van der Waals surface area contributed by atoms with Crippen molar-refractivity contribution < 1.29 is 14.3 Å². The summed E-state index contributed by atoms with van der Waals surface area (Å²) in [6.07, 6.45) is 3.98. The summed E-state index contributed by atoms with van der Waals surface area (Å²) in [6, 6.07) is 0. The van der Waals surface area contributed by atoms with E-state index in [1.165, 1.54) is 0 Å². The van der Waals surface area contributed by atoms with Gasteiger partial charge in [-0.2, -0.15) is 0 Å². The van der Waals surface area contributed by atoms with E-state index in [-0.39, 0.29) is 23.8 Å². The second-order valence-corrected chi connectivity index (χ2v) is 3.33. The fourth-order valence-electron chi connectivity index (χ4n) is 2.26. The zero-order valence-electron chi connectivity index (χ0n) is 5.69. The number of fused-ring (bicyclic) bond motifs is 4. The van der Waals surface area contributed by atoms with Crippen molar-refractivity contribution >= 4 is 11.9 Å². The van der Waals surface area contributed by atoms with Gasteiger partial charge in [-0.15, -0.1) is 0 Å². The molecule has 2 aliphatic carbocycles. The molecule has 0 radical (unpaired) electrons. The standard InChI is InChI=1S/C8H6O3/c9-7-5-3-1-2-4(3)6(5)8(10)11-7/h1-6H/t3-,4+,5-,6-/m1/s1. The maximum absolute atomic E-state index is 11.0. The summed E-state index contributed by atoms with van der Waals surface area (Å²) in [4.78, 5) is 21.9. The third kappa shape index (κ3) is 0.414. The van der Waals surface area contributed by atoms with E-state index in [1.54, 1.807) is 0 Å². The molecule has 0 N–H and O–H groups in total. The van der Waals surface area contributed by atoms with Crippen LogP contribution in [0.5, 0.6) is 0 Å². The summed E-state index contributed by atoms with van der Waals surface area (Å²) < 4.78 is 4.51. The van der Waals surface area contributed by atoms with Gasteiger partial charge in [0.25, 0.3) is 0 Å². The lowest BCUT2D eigenvalue weighted by Crippen LogP contribution is -2.50. The molecule has 0 amide bonds. The second kappa shape index (κ2) is 1.40. The number of rotatable bonds is 0. The molecule has 0 aromatic carbocycles. The van der Waals surface area contributed by atoms with Gasteiger partial charge >= 0.3 is 11.9 Å². The highest BCUT2D eigenvalue weighted by Gasteiger charge is 2.64. The van der Waals surface area contributed by atoms with Crippen LogP contribution in [-0.4, -0.2) is 11.9 Å². The van der Waals surface area contributed by atoms with Crippen LogP contribution in [0.2, 0.25) is 0 Å². The molecule has 1 aliphatic heterocycles. The van der Waals surface area contributed by atoms with Crippen LogP contribution in [0.15, 0.2) is 12.2 Å². The molecule has 0 bridgehead atoms. The molecule has 3 rings (SSSR count). The molecule has 11 heavy (non-hydrogen) atoms. The molecule has 1 saturated carbocycles. The van der Waals surface area contributed by atoms with Gasteiger partial charge in [-0.25, -0.2) is 0 Å². The minimum atomic E-state index is -0.314. The Morgan fingerprint density at radius 1 is 1.00 bits per heavy atom. The molecule has 0 unspecified atom stereocenters. The number of hydrogen-bond donors (Lipinski definition) is 0. The van der Waals surface area contributed by atoms with Crippen molar-refractivity contribution in [2.45, 2.75) is 0 Å². The van der Waals surface area contributed by atoms with Crippen molar-refractivity contribution in [1.82, 2.24) is 0 Å². The normalized spacial score (nSPS) is 50.5. The highest BCUT2D eigenvalue weighted by molar-refractivity contribution is 5.99. The largest absolute Gasteiger partial charge is 0.393 e. The van der Waals surface area contributed by atoms with Crippen molar-refractivity contribution in [3.05, 3.63) is 12.2 Å². The summed E-state index contributed by atoms with van der Waals surface area (Å²) in [6.45, 7) is 0. The lowest BCUT2D eigenvalue weighted by molar-refractivity contribution is -0.153. The molecular formula is C8H6O3. The topological polar surface area (TPSA) is 43.4 Å². The third-order valence-corrected chi connectivity index (χ3v) is 2.96. The summed E-state index contributed by atoms with van der Waals surface area (Å²) in [5, 5.41) is 0. The van der Waals surface area contributed by atoms with Crippen molar-refractivity contribution in [3.63, 3.8) is 0 Å². The van der Waals surface area contributed by atoms with E-state index in [1.807, 2.05) is 12.2 Å². The van der Waals surface area contributed by atoms with Gasteiger partial charge in [0.1, 0.15) is 0 Å². The van der Waals surface area contributed by atoms with Crippen LogP contribution in [0.3, 0.4) is 0 Å². The Balaban J connectivity index is 2.03. The summed E-state index contributed by atoms with van der Waals surface area (Å²) in [7, 11) is 0. The number of hydrogen-bond acceptors (Lipinski definition) is 3. The molecule has 1 heterocycles. The van der Waals surface area contributed by atoms with Crippen molar-refractivity contribution in [3.8, 4) is 0 Å². The zero-order valence-corrected chi connectivity index (χ0v) is 5.69. The predicted molar refractivity (Wildman–Crippen MR) is 34.2 cm³/mol. The molecule has 4 atom stereocenters. The van der Waals surface area contributed by atoms with Crippen LogP contribution in [0.25, 0.3) is 0 Å². The molecule has 0 aromatic heterocycles. The van der Waals surface area contributed by atoms with Crippen molar-refractivity contribution in [2.75, 3.05) is 0 Å². The third-order valence-electron chi connectivity index (χ3n) is 2.96. The smallest absolute Gasteiger partial charge is 0.318 e. The second-order valence-electron chi connectivity index (χ2n) is 3.33. The van der Waals surface area contributed by atoms with Gasteiger partial charge in [-0.1, -0.05) is 12.2 Å². The SMILES string of the molecule is O=C1OC(=O)[C@@H]2[C@H]3C=C[C@H]3[C@@H]12. The van der Waals surface area contributed by atoms with E-state index in [4.69, 9.17) is 0 Å². The fourth-order valence-corrected chi connectivity index (χ4v) is 2.26. The van der Waals surface area contributed by atoms with Crippen LogP contribution >= 0.6 is 0 Å². The first kappa shape index (κ1) is 5.52. The van der Waals surface area contributed by atoms with E-state index < -0.39 is 0 Å². The van der Waals surface area contributed by atoms with Crippen molar-refractivity contribution in [2.24, 2.45) is 23.7 Å². The lowest BCUT2D eigenvalue weighted by atomic mass is 9.52. The Morgan fingerprint density at radius 2 is 1.45 bits per heavy atom. The number of carbonyl (C=O) groups is 2. The van der Waals surface area contributed by atoms with Gasteiger partial charge in [0, 0.05) is 0 Å². The molecule has 2 fully saturated rings. The first-order valence-corrected chi connectivity index (χ1v) is 3.73. The molecule has 56 valence electrons. The van der Waals surface area contributed by atoms with Gasteiger partial charge in [-0.05, 0) is 11.8 Å². The Labute approximate surface area is 63.0 Å². The van der Waals surface area contributed by atoms with Crippen LogP contribution < -0.4 is 0 Å². The van der Waals surface area contributed by atoms with Gasteiger partial charge in [0.15, 0.2) is 0 Å². The predicted octanol–water partition coefficient (Wildman–Crippen LogP) is 0.118. The van der Waals surface area contributed by atoms with E-state index in [0.29, 0.717) is 11.8 Å². The highest BCUT2D eigenvalue weighted by atomic mass is 16.6. The average Bonchev–Trinajstić information content (AvgIpc) is 2.11. The van der Waals surface area contributed by atoms with Crippen LogP contribution in [0, 0.1) is 23.7 Å². The number of ether oxygens (including phenoxy) is 1. The summed E-state index contributed by atoms with van der Waals surface area (Å²) in [5.74, 6) is -0.246. The molecular weight excluding hydrogens is 144 g/mol. The number of allylic oxidation sites excluding steroid dienone is 2. The molecule has 3 nitrogen and oxygen atoms in total. The maximum Gasteiger partial charge on any atom is 0.318 e. The molecule has 1 saturated heterocycles. The maximum atomic E-state index is 11.0. The minimum Gasteiger partial charge on any atom is -0.393 e. The van der Waals surface area contributed by atoms with Crippen LogP contribution in [0.1, 0.15) is 0 Å². The Bertz CT molecular complexity index is 264. The van der Waals surface area contributed by atoms with Crippen LogP contribution in [-0.2, 0) is 14.3 Å². The first-order chi connectivity index (χ1) is 5.29. The van der Waals surface area contributed by atoms with Gasteiger partial charge in [0.2, 0.25) is 0 Å². The lowest BCUT2D eigenvalue weighted by Gasteiger charge is -2.46. The Morgan fingerprint density at radius 3 is 1.82 bits per heavy atom. The first-order valence-electron chi connectivity index (χ1n) is 3.73. The minimum absolute atomic E-state index is 0.127. The molecule has 0 spiro atoms. The quantitative estimate of drug-likeness (QED) is 0.280. The molecule has 0 aromatic rings. The van der Waals surface area contributed by atoms with Gasteiger partial charge in [-0.3, -0.25) is 9.59 Å². The van der Waals surface area contributed by atoms with E-state index >= 15 is 0 Å². The molecule has 3 heteroatoms. The summed E-state index contributed by atoms with van der Waals surface area (Å²) >= 11 is 0. The Hall–Kier alpha value is -1.12. The number of carbonyl (C=O) groups excluding carboxylic acids is 2. The van der Waals surface area contributed by atoms with Crippen LogP contribution in [0.4, 0.5) is 0 Å². The highest BCUT2D eigenvalue weighted by Crippen LogP contribution is 2.56.